The van der Waals surface area contributed by atoms with Gasteiger partial charge in [-0.15, -0.1) is 0 Å². The van der Waals surface area contributed by atoms with Gasteiger partial charge in [0.1, 0.15) is 5.69 Å². The lowest BCUT2D eigenvalue weighted by Crippen LogP contribution is -3.06. The molecule has 0 spiro atoms. The maximum absolute atomic E-state index is 12.2. The van der Waals surface area contributed by atoms with Crippen molar-refractivity contribution in [3.05, 3.63) is 44.7 Å². The van der Waals surface area contributed by atoms with Gasteiger partial charge in [-0.2, -0.15) is 0 Å². The fourth-order valence-electron chi connectivity index (χ4n) is 2.27. The number of aryl methyl sites for hydroxylation is 1. The van der Waals surface area contributed by atoms with Crippen molar-refractivity contribution in [1.29, 1.82) is 0 Å². The van der Waals surface area contributed by atoms with Crippen LogP contribution in [0, 0.1) is 10.1 Å². The molecule has 1 heterocycles. The van der Waals surface area contributed by atoms with Crippen LogP contribution >= 0.6 is 0 Å². The van der Waals surface area contributed by atoms with Gasteiger partial charge in [0.15, 0.2) is 0 Å². The van der Waals surface area contributed by atoms with Gasteiger partial charge in [0.25, 0.3) is 0 Å². The number of nitrogens with one attached hydrogen (secondary N) is 2. The van der Waals surface area contributed by atoms with Gasteiger partial charge in [0, 0.05) is 12.4 Å². The minimum absolute atomic E-state index is 0.306. The monoisotopic (exact) mass is 291 g/mol. The van der Waals surface area contributed by atoms with Crippen LogP contribution in [0.4, 0.5) is 11.4 Å². The lowest BCUT2D eigenvalue weighted by molar-refractivity contribution is -0.856. The highest BCUT2D eigenvalue weighted by Crippen LogP contribution is 2.29. The van der Waals surface area contributed by atoms with Gasteiger partial charge in [-0.05, 0) is 6.07 Å². The molecular formula is C14H19N4O3+. The van der Waals surface area contributed by atoms with Crippen LogP contribution in [-0.4, -0.2) is 36.7 Å². The number of fused-ring (bicyclic) bond motifs is 1. The van der Waals surface area contributed by atoms with E-state index in [1.165, 1.54) is 9.47 Å². The Bertz CT molecular complexity index is 737. The zero-order chi connectivity index (χ0) is 15.6. The Morgan fingerprint density at radius 1 is 1.33 bits per heavy atom. The Kier molecular flexibility index (Phi) is 4.23. The summed E-state index contributed by atoms with van der Waals surface area (Å²) in [5.41, 5.74) is -0.0175. The highest BCUT2D eigenvalue weighted by molar-refractivity contribution is 5.96. The van der Waals surface area contributed by atoms with Gasteiger partial charge >= 0.3 is 11.2 Å². The van der Waals surface area contributed by atoms with Crippen LogP contribution in [0.1, 0.15) is 0 Å². The van der Waals surface area contributed by atoms with Crippen LogP contribution in [0.25, 0.3) is 10.9 Å². The van der Waals surface area contributed by atoms with Gasteiger partial charge in [-0.3, -0.25) is 14.9 Å². The first kappa shape index (κ1) is 15.0. The van der Waals surface area contributed by atoms with Crippen molar-refractivity contribution < 1.29 is 9.82 Å². The van der Waals surface area contributed by atoms with E-state index in [-0.39, 0.29) is 0 Å². The number of anilines is 1. The zero-order valence-electron chi connectivity index (χ0n) is 12.3. The van der Waals surface area contributed by atoms with Crippen LogP contribution in [0.15, 0.2) is 29.1 Å². The quantitative estimate of drug-likeness (QED) is 0.600. The fraction of sp³-hybridized carbons (Fsp3) is 0.357. The number of quaternary nitrogens is 1. The number of nitrogens with zero attached hydrogens (tertiary/aromatic N) is 2. The largest absolute Gasteiger partial charge is 0.373 e. The molecule has 21 heavy (non-hydrogen) atoms. The summed E-state index contributed by atoms with van der Waals surface area (Å²) in [6.45, 7) is 1.35. The summed E-state index contributed by atoms with van der Waals surface area (Å²) >= 11 is 0. The third kappa shape index (κ3) is 2.87. The molecule has 0 amide bonds. The average molecular weight is 291 g/mol. The number of rotatable bonds is 5. The predicted molar refractivity (Wildman–Crippen MR) is 82.0 cm³/mol. The van der Waals surface area contributed by atoms with Crippen LogP contribution < -0.4 is 15.8 Å². The molecule has 2 rings (SSSR count). The van der Waals surface area contributed by atoms with E-state index >= 15 is 0 Å². The molecule has 0 aliphatic carbocycles. The molecule has 0 saturated carbocycles. The SMILES string of the molecule is Cn1c(=O)c([N+](=O)[O-])c(NCC[NH+](C)C)c2ccccc21. The highest BCUT2D eigenvalue weighted by Gasteiger charge is 2.24. The molecule has 2 N–H and O–H groups in total. The third-order valence-corrected chi connectivity index (χ3v) is 3.39. The second kappa shape index (κ2) is 5.92. The molecule has 0 unspecified atom stereocenters. The second-order valence-electron chi connectivity index (χ2n) is 5.25. The molecule has 1 aromatic heterocycles. The highest BCUT2D eigenvalue weighted by atomic mass is 16.6. The number of aromatic nitrogens is 1. The summed E-state index contributed by atoms with van der Waals surface area (Å²) in [5.74, 6) is 0. The summed E-state index contributed by atoms with van der Waals surface area (Å²) in [6.07, 6.45) is 0. The van der Waals surface area contributed by atoms with Crippen molar-refractivity contribution in [1.82, 2.24) is 4.57 Å². The first-order valence-corrected chi connectivity index (χ1v) is 6.72. The molecule has 1 aromatic carbocycles. The number of nitro groups is 1. The number of hydrogen-bond donors (Lipinski definition) is 2. The van der Waals surface area contributed by atoms with Crippen molar-refractivity contribution in [3.8, 4) is 0 Å². The first-order valence-electron chi connectivity index (χ1n) is 6.72. The van der Waals surface area contributed by atoms with E-state index < -0.39 is 16.2 Å². The zero-order valence-corrected chi connectivity index (χ0v) is 12.3. The van der Waals surface area contributed by atoms with E-state index in [2.05, 4.69) is 5.32 Å². The van der Waals surface area contributed by atoms with Crippen molar-refractivity contribution in [2.24, 2.45) is 7.05 Å². The number of hydrogen-bond acceptors (Lipinski definition) is 4. The molecule has 0 saturated heterocycles. The minimum Gasteiger partial charge on any atom is -0.373 e. The molecule has 7 heteroatoms. The Hall–Kier alpha value is -2.41. The maximum Gasteiger partial charge on any atom is 0.357 e. The molecule has 0 bridgehead atoms. The van der Waals surface area contributed by atoms with E-state index in [1.807, 2.05) is 14.1 Å². The summed E-state index contributed by atoms with van der Waals surface area (Å²) in [5, 5.41) is 15.0. The Morgan fingerprint density at radius 3 is 2.62 bits per heavy atom. The van der Waals surface area contributed by atoms with Gasteiger partial charge in [-0.25, -0.2) is 0 Å². The van der Waals surface area contributed by atoms with E-state index in [4.69, 9.17) is 0 Å². The van der Waals surface area contributed by atoms with Crippen LogP contribution in [0.2, 0.25) is 0 Å². The van der Waals surface area contributed by atoms with E-state index in [0.29, 0.717) is 23.1 Å². The van der Waals surface area contributed by atoms with E-state index in [9.17, 15) is 14.9 Å². The van der Waals surface area contributed by atoms with Crippen molar-refractivity contribution in [2.45, 2.75) is 0 Å². The number of likely N-dealkylation sites (N-methyl/N-ethyl adjacent to an activating group) is 1. The number of para-hydroxylation sites is 1. The lowest BCUT2D eigenvalue weighted by Gasteiger charge is -2.13. The smallest absolute Gasteiger partial charge is 0.357 e. The molecule has 7 nitrogen and oxygen atoms in total. The van der Waals surface area contributed by atoms with Crippen molar-refractivity contribution >= 4 is 22.3 Å². The minimum atomic E-state index is -0.611. The number of pyridine rings is 1. The molecule has 0 radical (unpaired) electrons. The lowest BCUT2D eigenvalue weighted by atomic mass is 10.1. The van der Waals surface area contributed by atoms with Crippen LogP contribution in [0.3, 0.4) is 0 Å². The average Bonchev–Trinajstić information content (AvgIpc) is 2.43. The molecule has 0 fully saturated rings. The molecule has 0 aliphatic rings. The second-order valence-corrected chi connectivity index (χ2v) is 5.25. The van der Waals surface area contributed by atoms with Gasteiger partial charge < -0.3 is 14.8 Å². The molecule has 0 aliphatic heterocycles. The summed E-state index contributed by atoms with van der Waals surface area (Å²) in [4.78, 5) is 24.1. The van der Waals surface area contributed by atoms with Crippen LogP contribution in [-0.2, 0) is 7.05 Å². The van der Waals surface area contributed by atoms with E-state index in [0.717, 1.165) is 6.54 Å². The predicted octanol–water partition coefficient (Wildman–Crippen LogP) is 0.00310. The van der Waals surface area contributed by atoms with Gasteiger partial charge in [0.2, 0.25) is 0 Å². The molecule has 112 valence electrons. The van der Waals surface area contributed by atoms with Crippen molar-refractivity contribution in [3.63, 3.8) is 0 Å². The summed E-state index contributed by atoms with van der Waals surface area (Å²) < 4.78 is 1.32. The standard InChI is InChI=1S/C14H18N4O3/c1-16(2)9-8-15-12-10-6-4-5-7-11(10)17(3)14(19)13(12)18(20)21/h4-7,15H,8-9H2,1-3H3/p+1. The Labute approximate surface area is 121 Å². The third-order valence-electron chi connectivity index (χ3n) is 3.39. The fourth-order valence-corrected chi connectivity index (χ4v) is 2.27. The summed E-state index contributed by atoms with van der Waals surface area (Å²) in [6, 6.07) is 7.18. The van der Waals surface area contributed by atoms with Gasteiger partial charge in [0.05, 0.1) is 37.6 Å². The number of benzene rings is 1. The Balaban J connectivity index is 2.64. The first-order chi connectivity index (χ1) is 9.93. The van der Waals surface area contributed by atoms with Gasteiger partial charge in [-0.1, -0.05) is 18.2 Å². The van der Waals surface area contributed by atoms with E-state index in [1.54, 1.807) is 31.3 Å². The Morgan fingerprint density at radius 2 is 2.00 bits per heavy atom. The maximum atomic E-state index is 12.2. The topological polar surface area (TPSA) is 81.6 Å². The molecular weight excluding hydrogens is 272 g/mol. The normalized spacial score (nSPS) is 11.0. The molecule has 2 aromatic rings. The molecule has 0 atom stereocenters. The van der Waals surface area contributed by atoms with Crippen LogP contribution in [0.5, 0.6) is 0 Å². The van der Waals surface area contributed by atoms with Crippen molar-refractivity contribution in [2.75, 3.05) is 32.5 Å². The summed E-state index contributed by atoms with van der Waals surface area (Å²) in [7, 11) is 5.54.